The van der Waals surface area contributed by atoms with Crippen molar-refractivity contribution < 1.29 is 14.6 Å². The van der Waals surface area contributed by atoms with Gasteiger partial charge in [0.1, 0.15) is 18.0 Å². The van der Waals surface area contributed by atoms with E-state index in [1.54, 1.807) is 12.1 Å². The van der Waals surface area contributed by atoms with Gasteiger partial charge < -0.3 is 20.5 Å². The molecule has 5 nitrogen and oxygen atoms in total. The fraction of sp³-hybridized carbons (Fsp3) is 0.381. The van der Waals surface area contributed by atoms with Crippen LogP contribution in [0.3, 0.4) is 0 Å². The summed E-state index contributed by atoms with van der Waals surface area (Å²) in [7, 11) is 2.06. The normalized spacial score (nSPS) is 19.9. The number of carbonyl (C=O) groups is 1. The summed E-state index contributed by atoms with van der Waals surface area (Å²) in [6.07, 6.45) is 2.12. The number of rotatable bonds is 6. The van der Waals surface area contributed by atoms with E-state index in [1.807, 2.05) is 43.3 Å². The van der Waals surface area contributed by atoms with Crippen molar-refractivity contribution in [3.05, 3.63) is 65.2 Å². The summed E-state index contributed by atoms with van der Waals surface area (Å²) in [5.74, 6) is 0.302. The van der Waals surface area contributed by atoms with E-state index in [0.717, 1.165) is 36.3 Å². The Labute approximate surface area is 154 Å². The van der Waals surface area contributed by atoms with Crippen molar-refractivity contribution in [2.75, 3.05) is 13.6 Å². The lowest BCUT2D eigenvalue weighted by molar-refractivity contribution is -0.0153. The second-order valence-electron chi connectivity index (χ2n) is 7.16. The molecule has 0 aromatic heterocycles. The molecule has 26 heavy (non-hydrogen) atoms. The van der Waals surface area contributed by atoms with Crippen molar-refractivity contribution in [3.63, 3.8) is 0 Å². The Balaban J connectivity index is 1.63. The maximum Gasteiger partial charge on any atom is 0.248 e. The number of likely N-dealkylation sites (N-methyl/N-ethyl adjacent to an activating group) is 1. The molecule has 1 aliphatic heterocycles. The molecule has 2 aromatic carbocycles. The molecule has 1 fully saturated rings. The van der Waals surface area contributed by atoms with Gasteiger partial charge >= 0.3 is 0 Å². The lowest BCUT2D eigenvalue weighted by atomic mass is 9.87. The fourth-order valence-corrected chi connectivity index (χ4v) is 3.63. The maximum absolute atomic E-state index is 11.1. The molecule has 0 spiro atoms. The minimum absolute atomic E-state index is 0.137. The topological polar surface area (TPSA) is 75.8 Å². The summed E-state index contributed by atoms with van der Waals surface area (Å²) >= 11 is 0. The van der Waals surface area contributed by atoms with Gasteiger partial charge in [-0.2, -0.15) is 0 Å². The summed E-state index contributed by atoms with van der Waals surface area (Å²) < 4.78 is 5.80. The van der Waals surface area contributed by atoms with Crippen LogP contribution >= 0.6 is 0 Å². The van der Waals surface area contributed by atoms with Crippen LogP contribution in [0.2, 0.25) is 0 Å². The second kappa shape index (κ2) is 7.48. The molecule has 0 radical (unpaired) electrons. The molecule has 2 atom stereocenters. The van der Waals surface area contributed by atoms with Gasteiger partial charge in [-0.3, -0.25) is 4.79 Å². The zero-order chi connectivity index (χ0) is 18.7. The quantitative estimate of drug-likeness (QED) is 0.836. The van der Waals surface area contributed by atoms with Gasteiger partial charge in [0.2, 0.25) is 5.91 Å². The van der Waals surface area contributed by atoms with Crippen LogP contribution in [-0.4, -0.2) is 35.5 Å². The fourth-order valence-electron chi connectivity index (χ4n) is 3.63. The van der Waals surface area contributed by atoms with Crippen molar-refractivity contribution in [3.8, 4) is 5.75 Å². The smallest absolute Gasteiger partial charge is 0.248 e. The Morgan fingerprint density at radius 1 is 1.23 bits per heavy atom. The third kappa shape index (κ3) is 3.89. The molecule has 0 saturated carbocycles. The molecule has 1 saturated heterocycles. The van der Waals surface area contributed by atoms with Crippen molar-refractivity contribution in [1.29, 1.82) is 0 Å². The highest BCUT2D eigenvalue weighted by Crippen LogP contribution is 2.34. The molecule has 1 unspecified atom stereocenters. The van der Waals surface area contributed by atoms with E-state index in [1.165, 1.54) is 0 Å². The van der Waals surface area contributed by atoms with Crippen LogP contribution in [0.1, 0.15) is 41.3 Å². The highest BCUT2D eigenvalue weighted by Gasteiger charge is 2.38. The highest BCUT2D eigenvalue weighted by atomic mass is 16.5. The van der Waals surface area contributed by atoms with Crippen molar-refractivity contribution in [2.24, 2.45) is 5.73 Å². The molecule has 138 valence electrons. The monoisotopic (exact) mass is 354 g/mol. The predicted molar refractivity (Wildman–Crippen MR) is 101 cm³/mol. The number of primary amides is 1. The summed E-state index contributed by atoms with van der Waals surface area (Å²) in [6.45, 7) is 3.31. The first-order chi connectivity index (χ1) is 12.4. The molecule has 5 heteroatoms. The molecule has 1 aliphatic rings. The van der Waals surface area contributed by atoms with E-state index in [4.69, 9.17) is 10.5 Å². The summed E-state index contributed by atoms with van der Waals surface area (Å²) in [6, 6.07) is 14.8. The number of nitrogens with zero attached hydrogens (tertiary/aromatic N) is 1. The molecule has 0 bridgehead atoms. The number of amides is 1. The number of ether oxygens (including phenoxy) is 1. The zero-order valence-corrected chi connectivity index (χ0v) is 15.3. The third-order valence-corrected chi connectivity index (χ3v) is 5.25. The van der Waals surface area contributed by atoms with Crippen molar-refractivity contribution in [1.82, 2.24) is 4.90 Å². The molecular weight excluding hydrogens is 328 g/mol. The Kier molecular flexibility index (Phi) is 5.30. The summed E-state index contributed by atoms with van der Waals surface area (Å²) in [5.41, 5.74) is 6.70. The number of likely N-dealkylation sites (tertiary alicyclic amines) is 1. The minimum Gasteiger partial charge on any atom is -0.489 e. The molecule has 0 aliphatic carbocycles. The minimum atomic E-state index is -0.881. The van der Waals surface area contributed by atoms with Crippen molar-refractivity contribution >= 4 is 5.91 Å². The summed E-state index contributed by atoms with van der Waals surface area (Å²) in [5, 5.41) is 11.0. The number of nitrogens with two attached hydrogens (primary N) is 1. The van der Waals surface area contributed by atoms with Crippen LogP contribution in [0.4, 0.5) is 0 Å². The van der Waals surface area contributed by atoms with E-state index in [0.29, 0.717) is 12.2 Å². The van der Waals surface area contributed by atoms with E-state index in [9.17, 15) is 9.90 Å². The third-order valence-electron chi connectivity index (χ3n) is 5.25. The zero-order valence-electron chi connectivity index (χ0n) is 15.3. The van der Waals surface area contributed by atoms with Crippen LogP contribution < -0.4 is 10.5 Å². The maximum atomic E-state index is 11.1. The molecular formula is C21H26N2O3. The van der Waals surface area contributed by atoms with Gasteiger partial charge in [-0.15, -0.1) is 0 Å². The number of carbonyl (C=O) groups excluding carboxylic acids is 1. The number of benzene rings is 2. The molecule has 3 N–H and O–H groups in total. The van der Waals surface area contributed by atoms with Gasteiger partial charge in [0, 0.05) is 11.6 Å². The van der Waals surface area contributed by atoms with Gasteiger partial charge in [-0.25, -0.2) is 0 Å². The number of aliphatic hydroxyl groups is 1. The second-order valence-corrected chi connectivity index (χ2v) is 7.16. The Morgan fingerprint density at radius 2 is 1.88 bits per heavy atom. The van der Waals surface area contributed by atoms with Crippen LogP contribution in [0.15, 0.2) is 48.5 Å². The molecule has 2 aromatic rings. The van der Waals surface area contributed by atoms with Gasteiger partial charge in [0.05, 0.1) is 0 Å². The first-order valence-corrected chi connectivity index (χ1v) is 8.92. The average Bonchev–Trinajstić information content (AvgIpc) is 3.07. The summed E-state index contributed by atoms with van der Waals surface area (Å²) in [4.78, 5) is 13.3. The Morgan fingerprint density at radius 3 is 2.42 bits per heavy atom. The number of hydrogen-bond acceptors (Lipinski definition) is 4. The standard InChI is InChI=1S/C21H26N2O3/c1-21(25,19-4-3-13-23(19)2)17-9-11-18(12-10-17)26-14-15-5-7-16(8-6-15)20(22)24/h5-12,19,25H,3-4,13-14H2,1-2H3,(H2,22,24)/t19-,21?/m1/s1. The van der Waals surface area contributed by atoms with Crippen LogP contribution in [0.5, 0.6) is 5.75 Å². The van der Waals surface area contributed by atoms with E-state index in [2.05, 4.69) is 11.9 Å². The predicted octanol–water partition coefficient (Wildman–Crippen LogP) is 2.67. The van der Waals surface area contributed by atoms with E-state index < -0.39 is 11.5 Å². The van der Waals surface area contributed by atoms with E-state index >= 15 is 0 Å². The van der Waals surface area contributed by atoms with Crippen molar-refractivity contribution in [2.45, 2.75) is 38.0 Å². The lowest BCUT2D eigenvalue weighted by Crippen LogP contribution is -2.43. The molecule has 3 rings (SSSR count). The van der Waals surface area contributed by atoms with Gasteiger partial charge in [-0.05, 0) is 68.8 Å². The SMILES string of the molecule is CN1CCC[C@@H]1C(C)(O)c1ccc(OCc2ccc(C(N)=O)cc2)cc1. The van der Waals surface area contributed by atoms with Crippen LogP contribution in [-0.2, 0) is 12.2 Å². The Bertz CT molecular complexity index is 754. The molecule has 1 amide bonds. The average molecular weight is 354 g/mol. The van der Waals surface area contributed by atoms with Gasteiger partial charge in [0.25, 0.3) is 0 Å². The molecule has 1 heterocycles. The lowest BCUT2D eigenvalue weighted by Gasteiger charge is -2.35. The first-order valence-electron chi connectivity index (χ1n) is 8.92. The van der Waals surface area contributed by atoms with Gasteiger partial charge in [0.15, 0.2) is 0 Å². The number of hydrogen-bond donors (Lipinski definition) is 2. The van der Waals surface area contributed by atoms with Gasteiger partial charge in [-0.1, -0.05) is 24.3 Å². The highest BCUT2D eigenvalue weighted by molar-refractivity contribution is 5.92. The first kappa shape index (κ1) is 18.4. The Hall–Kier alpha value is -2.37. The van der Waals surface area contributed by atoms with Crippen LogP contribution in [0.25, 0.3) is 0 Å². The van der Waals surface area contributed by atoms with Crippen LogP contribution in [0, 0.1) is 0 Å². The largest absolute Gasteiger partial charge is 0.489 e. The van der Waals surface area contributed by atoms with E-state index in [-0.39, 0.29) is 6.04 Å².